The summed E-state index contributed by atoms with van der Waals surface area (Å²) in [6.07, 6.45) is 3.49. The van der Waals surface area contributed by atoms with Gasteiger partial charge in [-0.2, -0.15) is 5.10 Å². The van der Waals surface area contributed by atoms with Crippen LogP contribution in [0.1, 0.15) is 29.5 Å². The average Bonchev–Trinajstić information content (AvgIpc) is 2.75. The molecule has 1 heterocycles. The third kappa shape index (κ3) is 3.46. The minimum atomic E-state index is -3.75. The van der Waals surface area contributed by atoms with E-state index in [9.17, 15) is 13.2 Å². The SMILES string of the molecule is Cc1ccc(-c2n[nH]c(=O)c3c2CCCC3)cc1S(=O)(=O)N(C)c1ccccc1. The van der Waals surface area contributed by atoms with E-state index in [2.05, 4.69) is 10.2 Å². The van der Waals surface area contributed by atoms with Crippen molar-refractivity contribution in [2.45, 2.75) is 37.5 Å². The quantitative estimate of drug-likeness (QED) is 0.715. The molecule has 0 atom stereocenters. The lowest BCUT2D eigenvalue weighted by atomic mass is 9.90. The third-order valence-corrected chi connectivity index (χ3v) is 7.44. The molecule has 29 heavy (non-hydrogen) atoms. The molecule has 0 unspecified atom stereocenters. The van der Waals surface area contributed by atoms with Crippen LogP contribution in [0.2, 0.25) is 0 Å². The molecule has 0 aliphatic heterocycles. The number of aromatic amines is 1. The van der Waals surface area contributed by atoms with Crippen molar-refractivity contribution < 1.29 is 8.42 Å². The van der Waals surface area contributed by atoms with Crippen LogP contribution in [0.5, 0.6) is 0 Å². The van der Waals surface area contributed by atoms with Gasteiger partial charge in [-0.3, -0.25) is 9.10 Å². The maximum atomic E-state index is 13.3. The van der Waals surface area contributed by atoms with E-state index < -0.39 is 10.0 Å². The Bertz CT molecular complexity index is 1220. The summed E-state index contributed by atoms with van der Waals surface area (Å²) in [5, 5.41) is 6.85. The highest BCUT2D eigenvalue weighted by Gasteiger charge is 2.25. The molecule has 1 N–H and O–H groups in total. The molecule has 1 aromatic heterocycles. The lowest BCUT2D eigenvalue weighted by molar-refractivity contribution is 0.594. The number of nitrogens with one attached hydrogen (secondary N) is 1. The lowest BCUT2D eigenvalue weighted by Crippen LogP contribution is -2.27. The molecule has 1 aliphatic carbocycles. The fraction of sp³-hybridized carbons (Fsp3) is 0.273. The Kier molecular flexibility index (Phi) is 5.00. The minimum absolute atomic E-state index is 0.146. The second kappa shape index (κ2) is 7.48. The van der Waals surface area contributed by atoms with Gasteiger partial charge in [0, 0.05) is 18.2 Å². The van der Waals surface area contributed by atoms with E-state index in [0.717, 1.165) is 36.8 Å². The largest absolute Gasteiger partial charge is 0.269 e. The van der Waals surface area contributed by atoms with Crippen molar-refractivity contribution in [3.8, 4) is 11.3 Å². The summed E-state index contributed by atoms with van der Waals surface area (Å²) < 4.78 is 27.9. The van der Waals surface area contributed by atoms with Gasteiger partial charge >= 0.3 is 0 Å². The van der Waals surface area contributed by atoms with Crippen LogP contribution in [0, 0.1) is 6.92 Å². The maximum absolute atomic E-state index is 13.3. The predicted molar refractivity (Wildman–Crippen MR) is 114 cm³/mol. The number of rotatable bonds is 4. The van der Waals surface area contributed by atoms with Gasteiger partial charge in [0.05, 0.1) is 16.3 Å². The molecule has 0 bridgehead atoms. The van der Waals surface area contributed by atoms with Crippen molar-refractivity contribution in [1.29, 1.82) is 0 Å². The highest BCUT2D eigenvalue weighted by Crippen LogP contribution is 2.31. The van der Waals surface area contributed by atoms with Gasteiger partial charge in [-0.25, -0.2) is 13.5 Å². The van der Waals surface area contributed by atoms with Crippen LogP contribution in [0.15, 0.2) is 58.2 Å². The molecular weight excluding hydrogens is 386 g/mol. The van der Waals surface area contributed by atoms with Crippen molar-refractivity contribution in [3.05, 3.63) is 75.6 Å². The first kappa shape index (κ1) is 19.4. The standard InChI is InChI=1S/C22H23N3O3S/c1-15-12-13-16(21-18-10-6-7-11-19(18)22(26)24-23-21)14-20(15)29(27,28)25(2)17-8-4-3-5-9-17/h3-5,8-9,12-14H,6-7,10-11H2,1-2H3,(H,24,26). The summed E-state index contributed by atoms with van der Waals surface area (Å²) in [7, 11) is -2.20. The first-order valence-corrected chi connectivity index (χ1v) is 11.1. The van der Waals surface area contributed by atoms with Crippen molar-refractivity contribution in [2.75, 3.05) is 11.4 Å². The monoisotopic (exact) mass is 409 g/mol. The number of fused-ring (bicyclic) bond motifs is 1. The molecule has 0 radical (unpaired) electrons. The van der Waals surface area contributed by atoms with Crippen LogP contribution in [-0.2, 0) is 22.9 Å². The van der Waals surface area contributed by atoms with Crippen LogP contribution >= 0.6 is 0 Å². The van der Waals surface area contributed by atoms with Gasteiger partial charge in [0.2, 0.25) is 0 Å². The topological polar surface area (TPSA) is 83.1 Å². The van der Waals surface area contributed by atoms with Gasteiger partial charge in [0.25, 0.3) is 15.6 Å². The Morgan fingerprint density at radius 1 is 1.00 bits per heavy atom. The molecule has 150 valence electrons. The van der Waals surface area contributed by atoms with Crippen LogP contribution in [-0.4, -0.2) is 25.7 Å². The Hall–Kier alpha value is -2.93. The van der Waals surface area contributed by atoms with Crippen LogP contribution in [0.3, 0.4) is 0 Å². The van der Waals surface area contributed by atoms with E-state index in [1.54, 1.807) is 50.4 Å². The van der Waals surface area contributed by atoms with Gasteiger partial charge in [0.15, 0.2) is 0 Å². The first-order chi connectivity index (χ1) is 13.9. The van der Waals surface area contributed by atoms with E-state index in [4.69, 9.17) is 0 Å². The Balaban J connectivity index is 1.83. The summed E-state index contributed by atoms with van der Waals surface area (Å²) in [5.74, 6) is 0. The van der Waals surface area contributed by atoms with Crippen molar-refractivity contribution in [3.63, 3.8) is 0 Å². The zero-order valence-electron chi connectivity index (χ0n) is 16.5. The normalized spacial score (nSPS) is 13.7. The highest BCUT2D eigenvalue weighted by molar-refractivity contribution is 7.92. The van der Waals surface area contributed by atoms with Crippen LogP contribution in [0.25, 0.3) is 11.3 Å². The summed E-state index contributed by atoms with van der Waals surface area (Å²) in [6.45, 7) is 1.78. The van der Waals surface area contributed by atoms with Gasteiger partial charge in [-0.1, -0.05) is 30.3 Å². The van der Waals surface area contributed by atoms with Gasteiger partial charge < -0.3 is 0 Å². The number of aryl methyl sites for hydroxylation is 1. The molecular formula is C22H23N3O3S. The first-order valence-electron chi connectivity index (χ1n) is 9.65. The molecule has 0 saturated carbocycles. The van der Waals surface area contributed by atoms with Gasteiger partial charge in [-0.15, -0.1) is 0 Å². The Morgan fingerprint density at radius 2 is 1.69 bits per heavy atom. The zero-order valence-corrected chi connectivity index (χ0v) is 17.3. The Labute approximate surface area is 170 Å². The number of aromatic nitrogens is 2. The maximum Gasteiger partial charge on any atom is 0.267 e. The van der Waals surface area contributed by atoms with E-state index in [-0.39, 0.29) is 10.5 Å². The second-order valence-corrected chi connectivity index (χ2v) is 9.29. The van der Waals surface area contributed by atoms with E-state index in [0.29, 0.717) is 22.5 Å². The number of nitrogens with zero attached hydrogens (tertiary/aromatic N) is 2. The second-order valence-electron chi connectivity index (χ2n) is 7.35. The molecule has 6 nitrogen and oxygen atoms in total. The molecule has 3 aromatic rings. The number of sulfonamides is 1. The van der Waals surface area contributed by atoms with E-state index in [1.807, 2.05) is 12.1 Å². The predicted octanol–water partition coefficient (Wildman–Crippen LogP) is 3.45. The smallest absolute Gasteiger partial charge is 0.267 e. The fourth-order valence-corrected chi connectivity index (χ4v) is 5.29. The number of hydrogen-bond acceptors (Lipinski definition) is 4. The zero-order chi connectivity index (χ0) is 20.6. The van der Waals surface area contributed by atoms with Gasteiger partial charge in [0.1, 0.15) is 0 Å². The summed E-state index contributed by atoms with van der Waals surface area (Å²) in [4.78, 5) is 12.4. The molecule has 0 saturated heterocycles. The van der Waals surface area contributed by atoms with Crippen LogP contribution < -0.4 is 9.86 Å². The Morgan fingerprint density at radius 3 is 2.41 bits per heavy atom. The molecule has 1 aliphatic rings. The van der Waals surface area contributed by atoms with Crippen molar-refractivity contribution >= 4 is 15.7 Å². The molecule has 7 heteroatoms. The molecule has 0 amide bonds. The fourth-order valence-electron chi connectivity index (χ4n) is 3.85. The number of H-pyrrole nitrogens is 1. The minimum Gasteiger partial charge on any atom is -0.269 e. The number of anilines is 1. The van der Waals surface area contributed by atoms with E-state index >= 15 is 0 Å². The number of hydrogen-bond donors (Lipinski definition) is 1. The van der Waals surface area contributed by atoms with E-state index in [1.165, 1.54) is 4.31 Å². The summed E-state index contributed by atoms with van der Waals surface area (Å²) in [5.41, 5.74) is 4.18. The number of para-hydroxylation sites is 1. The molecule has 0 spiro atoms. The number of benzene rings is 2. The average molecular weight is 410 g/mol. The molecule has 2 aromatic carbocycles. The summed E-state index contributed by atoms with van der Waals surface area (Å²) >= 11 is 0. The summed E-state index contributed by atoms with van der Waals surface area (Å²) in [6, 6.07) is 14.3. The van der Waals surface area contributed by atoms with Crippen LogP contribution in [0.4, 0.5) is 5.69 Å². The van der Waals surface area contributed by atoms with Crippen molar-refractivity contribution in [1.82, 2.24) is 10.2 Å². The van der Waals surface area contributed by atoms with Crippen molar-refractivity contribution in [2.24, 2.45) is 0 Å². The highest BCUT2D eigenvalue weighted by atomic mass is 32.2. The molecule has 4 rings (SSSR count). The van der Waals surface area contributed by atoms with Gasteiger partial charge in [-0.05, 0) is 61.9 Å². The molecule has 0 fully saturated rings. The third-order valence-electron chi connectivity index (χ3n) is 5.52. The lowest BCUT2D eigenvalue weighted by Gasteiger charge is -2.22.